The van der Waals surface area contributed by atoms with Crippen LogP contribution in [0.2, 0.25) is 0 Å². The fourth-order valence-corrected chi connectivity index (χ4v) is 18.3. The highest BCUT2D eigenvalue weighted by atomic mass is 32.2. The van der Waals surface area contributed by atoms with Crippen LogP contribution in [0.5, 0.6) is 5.75 Å². The summed E-state index contributed by atoms with van der Waals surface area (Å²) in [6.45, 7) is 3.39. The molecule has 47 heteroatoms. The van der Waals surface area contributed by atoms with Gasteiger partial charge in [-0.1, -0.05) is 94.5 Å². The number of para-hydroxylation sites is 2. The molecule has 0 spiro atoms. The van der Waals surface area contributed by atoms with E-state index in [1.807, 2.05) is 6.92 Å². The Balaban J connectivity index is 1.13. The number of imidazole rings is 1. The van der Waals surface area contributed by atoms with Crippen molar-refractivity contribution < 1.29 is 102 Å². The quantitative estimate of drug-likeness (QED) is 0.0133. The molecule has 3 saturated heterocycles. The Morgan fingerprint density at radius 3 is 1.74 bits per heavy atom. The lowest BCUT2D eigenvalue weighted by Gasteiger charge is -2.36. The predicted molar refractivity (Wildman–Crippen MR) is 517 cm³/mol. The minimum atomic E-state index is -2.03. The maximum atomic E-state index is 16.0. The highest BCUT2D eigenvalue weighted by molar-refractivity contribution is 8.00. The number of likely N-dealkylation sites (N-methyl/N-ethyl adjacent to an activating group) is 3. The van der Waals surface area contributed by atoms with Crippen LogP contribution in [0.4, 0.5) is 0 Å². The lowest BCUT2D eigenvalue weighted by molar-refractivity contribution is -0.149. The second kappa shape index (κ2) is 53.0. The van der Waals surface area contributed by atoms with Crippen molar-refractivity contribution in [2.24, 2.45) is 28.9 Å². The number of H-pyrrole nitrogens is 3. The average molecular weight is 1980 g/mol. The van der Waals surface area contributed by atoms with Gasteiger partial charge in [0.25, 0.3) is 0 Å². The normalized spacial score (nSPS) is 24.2. The van der Waals surface area contributed by atoms with Crippen LogP contribution in [0.1, 0.15) is 159 Å². The number of guanidine groups is 1. The first-order valence-corrected chi connectivity index (χ1v) is 48.2. The summed E-state index contributed by atoms with van der Waals surface area (Å²) < 4.78 is 0. The molecule has 6 aromatic rings. The number of aromatic nitrogens is 4. The van der Waals surface area contributed by atoms with Crippen LogP contribution >= 0.6 is 11.8 Å². The predicted octanol–water partition coefficient (Wildman–Crippen LogP) is -1.91. The standard InChI is InChI=1S/C94H131N25O21S/c1-7-9-25-71-87(134)111-66(42-80(126)127)86(133)114-70(83(130)105-46-78(98)124)48-141-49-79(125)107-67(35-52-29-31-57(120)32-30-52)89(136)115(4)51(3)81(128)112-69(41-77(97)123)92(139)118-34-18-27-72(118)88(135)110-65(39-56-45-101-50-106-56)85(132)109-64(24-17-33-102-94(99)100)91(138)119-47-58(121)40-74(119)75(122)38-53(36-54-43-103-61-21-13-11-19-59(54)61)82(129)108-63(23-15-16-28-76(95)96)84(131)113-68(37-55-44-104-62-22-14-12-20-60(55)62)90(137)117(6)73(26-10-8-2)93(140)116(71)5/h11-14,19-22,29-32,43-45,50-51,53,58,63-74,103-104,120-121H,7-10,15-18,23-28,33-42,46-49H2,1-6H3,(H3,95,96)(H2,97,123)(H2,98,124)(H,101,106)(H,105,130)(H,107,125)(H,108,129)(H,109,132)(H,110,135)(H,111,134)(H,112,128)(H,113,131)(H,114,133)(H,126,127)(H4,99,100,102)/t51-,53+,58+,63-,64-,65-,66-,67-,68-,69-,70-,71-,72-,73-,74-/m0/s1. The maximum Gasteiger partial charge on any atom is 0.305 e. The summed E-state index contributed by atoms with van der Waals surface area (Å²) in [5.41, 5.74) is 25.5. The maximum absolute atomic E-state index is 16.0. The number of aromatic amines is 3. The summed E-state index contributed by atoms with van der Waals surface area (Å²) in [7, 11) is 3.80. The number of aromatic hydroxyl groups is 1. The van der Waals surface area contributed by atoms with E-state index >= 15 is 43.2 Å². The highest BCUT2D eigenvalue weighted by Crippen LogP contribution is 2.31. The molecule has 3 fully saturated rings. The number of carboxylic acid groups (broad SMARTS) is 1. The van der Waals surface area contributed by atoms with Crippen LogP contribution in [0.25, 0.3) is 21.8 Å². The van der Waals surface area contributed by atoms with Crippen LogP contribution in [0.3, 0.4) is 0 Å². The molecule has 9 rings (SSSR count). The van der Waals surface area contributed by atoms with Gasteiger partial charge < -0.3 is 131 Å². The molecule has 0 radical (unpaired) electrons. The SMILES string of the molecule is CCCC[C@H]1C(=O)N(C)[C@@H](CCCC)C(=O)N[C@@H](CC(=O)O)C(=O)N[C@H](C(=O)NCC(N)=O)CSCC(=O)N[C@@H](Cc2ccc(O)cc2)C(=O)N(C)[C@@H](C)C(=O)N[C@@H](CC(N)=O)C(=O)N2CCC[C@H]2C(=O)N[C@@H](Cc2c[nH]cn2)C(=O)N[C@@H](CCCNC(=N)N)C(=O)N2C[C@H](O)C[C@H]2C(=O)C[C@@H](Cc2c[nH]c3ccccc23)C(=O)N[C@@H](CCCCC(=N)N)C(=O)N[C@@H](Cc2c[nH]c3ccccc23)C(=O)N1C. The van der Waals surface area contributed by atoms with Crippen LogP contribution in [-0.2, 0) is 112 Å². The van der Waals surface area contributed by atoms with E-state index in [0.717, 1.165) is 24.5 Å². The van der Waals surface area contributed by atoms with Crippen LogP contribution in [0, 0.1) is 16.7 Å². The summed E-state index contributed by atoms with van der Waals surface area (Å²) in [5.74, 6) is -21.6. The Labute approximate surface area is 817 Å². The van der Waals surface area contributed by atoms with Gasteiger partial charge in [-0.3, -0.25) is 97.1 Å². The van der Waals surface area contributed by atoms with Crippen molar-refractivity contribution in [2.75, 3.05) is 58.8 Å². The number of carboxylic acids is 1. The van der Waals surface area contributed by atoms with Crippen molar-refractivity contribution >= 4 is 152 Å². The van der Waals surface area contributed by atoms with Crippen LogP contribution in [-0.4, -0.2) is 321 Å². The second-order valence-electron chi connectivity index (χ2n) is 35.8. The number of unbranched alkanes of at least 4 members (excludes halogenated alkanes) is 3. The number of amidine groups is 1. The number of aliphatic carboxylic acids is 1. The number of nitrogens with two attached hydrogens (primary N) is 4. The molecule has 15 atom stereocenters. The zero-order valence-electron chi connectivity index (χ0n) is 79.8. The van der Waals surface area contributed by atoms with Gasteiger partial charge in [0.1, 0.15) is 78.3 Å². The van der Waals surface area contributed by atoms with Gasteiger partial charge in [-0.05, 0) is 106 Å². The third kappa shape index (κ3) is 31.7. The molecular weight excluding hydrogens is 1850 g/mol. The number of benzene rings is 3. The van der Waals surface area contributed by atoms with Crippen molar-refractivity contribution in [1.29, 1.82) is 10.8 Å². The summed E-state index contributed by atoms with van der Waals surface area (Å²) in [6, 6.07) is -1.36. The molecule has 16 amide bonds. The van der Waals surface area contributed by atoms with E-state index in [0.29, 0.717) is 69.5 Å². The number of fused-ring (bicyclic) bond motifs is 4. The van der Waals surface area contributed by atoms with Crippen molar-refractivity contribution in [3.8, 4) is 5.75 Å². The molecule has 0 aliphatic carbocycles. The zero-order valence-corrected chi connectivity index (χ0v) is 80.6. The lowest BCUT2D eigenvalue weighted by atomic mass is 9.89. The molecule has 26 N–H and O–H groups in total. The minimum absolute atomic E-state index is 0.00943. The Bertz CT molecular complexity index is 5480. The molecule has 0 saturated carbocycles. The number of aliphatic hydroxyl groups excluding tert-OH is 1. The lowest BCUT2D eigenvalue weighted by Crippen LogP contribution is -2.60. The van der Waals surface area contributed by atoms with Crippen LogP contribution in [0.15, 0.2) is 97.7 Å². The molecule has 6 heterocycles. The number of amides is 16. The third-order valence-corrected chi connectivity index (χ3v) is 26.3. The molecule has 3 aliphatic heterocycles. The Morgan fingerprint density at radius 1 is 0.539 bits per heavy atom. The number of hydrogen-bond acceptors (Lipinski definition) is 24. The van der Waals surface area contributed by atoms with Gasteiger partial charge in [0.2, 0.25) is 94.5 Å². The molecular formula is C94H131N25O21S. The van der Waals surface area contributed by atoms with Crippen molar-refractivity contribution in [3.63, 3.8) is 0 Å². The van der Waals surface area contributed by atoms with Gasteiger partial charge in [-0.25, -0.2) is 4.98 Å². The number of primary amides is 2. The summed E-state index contributed by atoms with van der Waals surface area (Å²) in [5, 5.41) is 75.6. The number of nitrogens with one attached hydrogen (secondary N) is 15. The van der Waals surface area contributed by atoms with Gasteiger partial charge in [0.15, 0.2) is 11.7 Å². The number of carbonyl (C=O) groups is 18. The van der Waals surface area contributed by atoms with E-state index in [2.05, 4.69) is 73.1 Å². The van der Waals surface area contributed by atoms with Crippen LogP contribution < -0.4 is 76.1 Å². The topological polar surface area (TPSA) is 716 Å². The number of ketones is 1. The number of Topliss-reactive ketones (excluding diaryl/α,β-unsaturated/α-hetero) is 1. The molecule has 3 aliphatic rings. The highest BCUT2D eigenvalue weighted by Gasteiger charge is 2.47. The van der Waals surface area contributed by atoms with E-state index in [-0.39, 0.29) is 133 Å². The molecule has 3 aromatic carbocycles. The smallest absolute Gasteiger partial charge is 0.305 e. The molecule has 46 nitrogen and oxygen atoms in total. The Morgan fingerprint density at radius 2 is 1.11 bits per heavy atom. The number of carbonyl (C=O) groups excluding carboxylic acids is 17. The largest absolute Gasteiger partial charge is 0.508 e. The average Bonchev–Trinajstić information content (AvgIpc) is 1.61. The van der Waals surface area contributed by atoms with E-state index in [4.69, 9.17) is 33.8 Å². The van der Waals surface area contributed by atoms with Gasteiger partial charge in [0, 0.05) is 131 Å². The Kier molecular flexibility index (Phi) is 41.4. The number of hydrogen-bond donors (Lipinski definition) is 22. The Hall–Kier alpha value is -14.5. The summed E-state index contributed by atoms with van der Waals surface area (Å²) >= 11 is 0.678. The summed E-state index contributed by atoms with van der Waals surface area (Å²) in [6.07, 6.45) is 1.79. The second-order valence-corrected chi connectivity index (χ2v) is 36.9. The van der Waals surface area contributed by atoms with Crippen molar-refractivity contribution in [1.82, 2.24) is 97.6 Å². The number of nitrogens with zero attached hydrogens (tertiary/aromatic N) is 6. The first-order chi connectivity index (χ1) is 67.1. The third-order valence-electron chi connectivity index (χ3n) is 25.3. The number of rotatable bonds is 30. The van der Waals surface area contributed by atoms with Gasteiger partial charge in [0.05, 0.1) is 55.1 Å². The van der Waals surface area contributed by atoms with Crippen molar-refractivity contribution in [3.05, 3.63) is 120 Å². The van der Waals surface area contributed by atoms with Crippen molar-refractivity contribution in [2.45, 2.75) is 247 Å². The summed E-state index contributed by atoms with van der Waals surface area (Å²) in [4.78, 5) is 284. The first kappa shape index (κ1) is 110. The first-order valence-electron chi connectivity index (χ1n) is 47.1. The van der Waals surface area contributed by atoms with E-state index in [1.165, 1.54) is 64.9 Å². The molecule has 764 valence electrons. The molecule has 0 unspecified atom stereocenters. The number of thioether (sulfide) groups is 1. The molecule has 0 bridgehead atoms. The number of phenolic OH excluding ortho intramolecular Hbond substituents is 1. The fourth-order valence-electron chi connectivity index (χ4n) is 17.5. The monoisotopic (exact) mass is 1980 g/mol. The fraction of sp³-hybridized carbons (Fsp3) is 0.521. The van der Waals surface area contributed by atoms with Gasteiger partial charge >= 0.3 is 5.97 Å². The minimum Gasteiger partial charge on any atom is -0.508 e. The van der Waals surface area contributed by atoms with E-state index in [1.54, 1.807) is 67.8 Å². The molecule has 3 aromatic heterocycles. The number of phenols is 1. The number of aliphatic hydroxyl groups is 1. The zero-order chi connectivity index (χ0) is 103. The van der Waals surface area contributed by atoms with Gasteiger partial charge in [-0.15, -0.1) is 11.8 Å². The van der Waals surface area contributed by atoms with E-state index in [9.17, 15) is 58.5 Å². The van der Waals surface area contributed by atoms with E-state index < -0.39 is 247 Å². The van der Waals surface area contributed by atoms with Gasteiger partial charge in [-0.2, -0.15) is 0 Å². The molecule has 141 heavy (non-hydrogen) atoms.